The first kappa shape index (κ1) is 36.7. The zero-order valence-corrected chi connectivity index (χ0v) is 8.53. The molecule has 0 radical (unpaired) electrons. The fourth-order valence-corrected chi connectivity index (χ4v) is 0. The maximum atomic E-state index is 0. The Kier molecular flexibility index (Phi) is 181. The van der Waals surface area contributed by atoms with Crippen LogP contribution in [0.3, 0.4) is 0 Å². The van der Waals surface area contributed by atoms with Crippen molar-refractivity contribution in [3.05, 3.63) is 0 Å². The topological polar surface area (TPSA) is 35.0 Å². The second-order valence-corrected chi connectivity index (χ2v) is 0. The molecule has 0 aliphatic heterocycles. The number of hydrogen-bond donors (Lipinski definition) is 1. The molecule has 0 aromatic carbocycles. The van der Waals surface area contributed by atoms with Crippen LogP contribution in [-0.2, 0) is 63.8 Å². The van der Waals surface area contributed by atoms with E-state index in [1.54, 1.807) is 0 Å². The van der Waals surface area contributed by atoms with E-state index in [0.717, 1.165) is 0 Å². The van der Waals surface area contributed by atoms with Gasteiger partial charge in [0.25, 0.3) is 0 Å². The summed E-state index contributed by atoms with van der Waals surface area (Å²) in [5, 5.41) is 0. The van der Waals surface area contributed by atoms with Crippen LogP contribution in [0.1, 0.15) is 0 Å². The van der Waals surface area contributed by atoms with Crippen LogP contribution in [0.4, 0.5) is 0 Å². The summed E-state index contributed by atoms with van der Waals surface area (Å²) >= 11 is 0. The fourth-order valence-electron chi connectivity index (χ4n) is 0. The summed E-state index contributed by atoms with van der Waals surface area (Å²) in [5.74, 6) is 0. The predicted molar refractivity (Wildman–Crippen MR) is 5.02 cm³/mol. The van der Waals surface area contributed by atoms with E-state index in [0.29, 0.717) is 0 Å². The molecular formula is H3MoNTiW. The van der Waals surface area contributed by atoms with Crippen LogP contribution < -0.4 is 6.15 Å². The van der Waals surface area contributed by atoms with E-state index in [2.05, 4.69) is 0 Å². The summed E-state index contributed by atoms with van der Waals surface area (Å²) in [6, 6.07) is 0. The van der Waals surface area contributed by atoms with E-state index in [9.17, 15) is 0 Å². The van der Waals surface area contributed by atoms with Crippen molar-refractivity contribution >= 4 is 0 Å². The minimum atomic E-state index is 0. The number of hydrogen-bond acceptors (Lipinski definition) is 1. The van der Waals surface area contributed by atoms with Gasteiger partial charge in [-0.05, 0) is 0 Å². The van der Waals surface area contributed by atoms with Crippen molar-refractivity contribution in [2.24, 2.45) is 0 Å². The molecule has 0 aliphatic carbocycles. The minimum Gasteiger partial charge on any atom is -0.344 e. The average molecular weight is 345 g/mol. The van der Waals surface area contributed by atoms with Crippen LogP contribution in [0.25, 0.3) is 0 Å². The molecule has 0 saturated carbocycles. The third kappa shape index (κ3) is 8.96. The van der Waals surface area contributed by atoms with Crippen LogP contribution in [0, 0.1) is 0 Å². The molecule has 0 aliphatic rings. The Hall–Kier alpha value is 2.05. The van der Waals surface area contributed by atoms with Gasteiger partial charge in [0, 0.05) is 63.8 Å². The maximum absolute atomic E-state index is 0. The number of rotatable bonds is 0. The monoisotopic (exact) mass is 347 g/mol. The van der Waals surface area contributed by atoms with Gasteiger partial charge >= 0.3 is 0 Å². The smallest absolute Gasteiger partial charge is 0 e. The van der Waals surface area contributed by atoms with Crippen LogP contribution >= 0.6 is 0 Å². The van der Waals surface area contributed by atoms with E-state index in [-0.39, 0.29) is 70.0 Å². The summed E-state index contributed by atoms with van der Waals surface area (Å²) in [6.07, 6.45) is 0. The van der Waals surface area contributed by atoms with Gasteiger partial charge < -0.3 is 6.15 Å². The minimum absolute atomic E-state index is 0. The molecular weight excluding hydrogens is 342 g/mol. The maximum Gasteiger partial charge on any atom is 0 e. The van der Waals surface area contributed by atoms with E-state index in [1.165, 1.54) is 0 Å². The molecule has 24 valence electrons. The Balaban J connectivity index is 0. The zero-order chi connectivity index (χ0) is 0. The summed E-state index contributed by atoms with van der Waals surface area (Å²) in [5.41, 5.74) is 0. The molecule has 0 heterocycles. The quantitative estimate of drug-likeness (QED) is 0.624. The molecule has 0 atom stereocenters. The second-order valence-electron chi connectivity index (χ2n) is 0. The molecule has 4 heavy (non-hydrogen) atoms. The van der Waals surface area contributed by atoms with Gasteiger partial charge in [0.15, 0.2) is 0 Å². The van der Waals surface area contributed by atoms with Crippen LogP contribution in [0.5, 0.6) is 0 Å². The standard InChI is InChI=1S/Mo.H3N.Ti.W/h;1H3;;. The SMILES string of the molecule is N.[Mo].[Ti].[W]. The van der Waals surface area contributed by atoms with Crippen molar-refractivity contribution in [3.8, 4) is 0 Å². The first-order valence-electron chi connectivity index (χ1n) is 0. The van der Waals surface area contributed by atoms with Gasteiger partial charge in [-0.2, -0.15) is 0 Å². The largest absolute Gasteiger partial charge is 0.344 e. The molecule has 4 heteroatoms. The molecule has 0 fully saturated rings. The van der Waals surface area contributed by atoms with Crippen molar-refractivity contribution in [2.45, 2.75) is 0 Å². The molecule has 0 spiro atoms. The molecule has 3 N–H and O–H groups in total. The Morgan fingerprint density at radius 1 is 1.00 bits per heavy atom. The normalized spacial score (nSPS) is 0. The van der Waals surface area contributed by atoms with Gasteiger partial charge in [0.2, 0.25) is 0 Å². The van der Waals surface area contributed by atoms with Gasteiger partial charge in [-0.1, -0.05) is 0 Å². The van der Waals surface area contributed by atoms with E-state index in [4.69, 9.17) is 0 Å². The summed E-state index contributed by atoms with van der Waals surface area (Å²) < 4.78 is 0. The van der Waals surface area contributed by atoms with Crippen LogP contribution in [0.15, 0.2) is 0 Å². The van der Waals surface area contributed by atoms with E-state index >= 15 is 0 Å². The Bertz CT molecular complexity index is 8.00. The Morgan fingerprint density at radius 2 is 1.00 bits per heavy atom. The molecule has 0 unspecified atom stereocenters. The van der Waals surface area contributed by atoms with E-state index < -0.39 is 0 Å². The van der Waals surface area contributed by atoms with Gasteiger partial charge in [0.05, 0.1) is 0 Å². The molecule has 0 rings (SSSR count). The Morgan fingerprint density at radius 3 is 1.00 bits per heavy atom. The van der Waals surface area contributed by atoms with Crippen LogP contribution in [0.2, 0.25) is 0 Å². The fraction of sp³-hybridized carbons (Fsp3) is 0. The van der Waals surface area contributed by atoms with Crippen molar-refractivity contribution < 1.29 is 63.8 Å². The van der Waals surface area contributed by atoms with Gasteiger partial charge in [-0.25, -0.2) is 0 Å². The summed E-state index contributed by atoms with van der Waals surface area (Å²) in [7, 11) is 0. The Labute approximate surface area is 69.3 Å². The third-order valence-corrected chi connectivity index (χ3v) is 0. The first-order valence-corrected chi connectivity index (χ1v) is 0. The van der Waals surface area contributed by atoms with Crippen molar-refractivity contribution in [3.63, 3.8) is 0 Å². The molecule has 1 nitrogen and oxygen atoms in total. The predicted octanol–water partition coefficient (Wildman–Crippen LogP) is 0.154. The third-order valence-electron chi connectivity index (χ3n) is 0. The second kappa shape index (κ2) is 19.7. The van der Waals surface area contributed by atoms with Crippen LogP contribution in [-0.4, -0.2) is 0 Å². The summed E-state index contributed by atoms with van der Waals surface area (Å²) in [4.78, 5) is 0. The molecule has 0 saturated heterocycles. The molecule has 0 amide bonds. The van der Waals surface area contributed by atoms with Gasteiger partial charge in [-0.3, -0.25) is 0 Å². The first-order chi connectivity index (χ1) is 0. The average Bonchev–Trinajstić information content (AvgIpc) is 0. The van der Waals surface area contributed by atoms with Crippen molar-refractivity contribution in [1.82, 2.24) is 6.15 Å². The zero-order valence-electron chi connectivity index (χ0n) is 2.02. The van der Waals surface area contributed by atoms with Gasteiger partial charge in [-0.15, -0.1) is 0 Å². The van der Waals surface area contributed by atoms with Gasteiger partial charge in [0.1, 0.15) is 0 Å². The van der Waals surface area contributed by atoms with Crippen molar-refractivity contribution in [1.29, 1.82) is 0 Å². The summed E-state index contributed by atoms with van der Waals surface area (Å²) in [6.45, 7) is 0. The molecule has 0 aromatic rings. The molecule has 0 bridgehead atoms. The van der Waals surface area contributed by atoms with Crippen molar-refractivity contribution in [2.75, 3.05) is 0 Å². The van der Waals surface area contributed by atoms with E-state index in [1.807, 2.05) is 0 Å². The molecule has 0 aromatic heterocycles.